The average molecular weight is 142 g/mol. The summed E-state index contributed by atoms with van der Waals surface area (Å²) in [5.41, 5.74) is 6.20. The van der Waals surface area contributed by atoms with Crippen LogP contribution in [0.4, 0.5) is 0 Å². The molecule has 2 nitrogen and oxygen atoms in total. The fraction of sp³-hybridized carbons (Fsp3) is 1.00. The number of hydrogen-bond donors (Lipinski definition) is 1. The van der Waals surface area contributed by atoms with Crippen molar-refractivity contribution in [3.05, 3.63) is 0 Å². The minimum absolute atomic E-state index is 0.330. The van der Waals surface area contributed by atoms with Crippen LogP contribution in [0.2, 0.25) is 0 Å². The Labute approximate surface area is 63.4 Å². The van der Waals surface area contributed by atoms with Crippen LogP contribution in [0.25, 0.3) is 0 Å². The highest BCUT2D eigenvalue weighted by Gasteiger charge is 2.33. The summed E-state index contributed by atoms with van der Waals surface area (Å²) in [6.07, 6.45) is 0. The minimum atomic E-state index is 0.330. The van der Waals surface area contributed by atoms with E-state index < -0.39 is 0 Å². The lowest BCUT2D eigenvalue weighted by atomic mass is 9.84. The lowest BCUT2D eigenvalue weighted by Gasteiger charge is -2.46. The molecule has 0 spiro atoms. The van der Waals surface area contributed by atoms with E-state index in [9.17, 15) is 0 Å². The van der Waals surface area contributed by atoms with Gasteiger partial charge in [-0.15, -0.1) is 0 Å². The Morgan fingerprint density at radius 2 is 2.00 bits per heavy atom. The highest BCUT2D eigenvalue weighted by Crippen LogP contribution is 2.27. The van der Waals surface area contributed by atoms with Crippen molar-refractivity contribution in [2.75, 3.05) is 19.6 Å². The van der Waals surface area contributed by atoms with Gasteiger partial charge in [0.2, 0.25) is 0 Å². The molecule has 1 saturated heterocycles. The lowest BCUT2D eigenvalue weighted by molar-refractivity contribution is 0.0279. The zero-order chi connectivity index (χ0) is 7.78. The third-order valence-corrected chi connectivity index (χ3v) is 1.85. The minimum Gasteiger partial charge on any atom is -0.327 e. The highest BCUT2D eigenvalue weighted by molar-refractivity contribution is 4.88. The maximum absolute atomic E-state index is 5.65. The molecule has 10 heavy (non-hydrogen) atoms. The van der Waals surface area contributed by atoms with Crippen molar-refractivity contribution in [1.29, 1.82) is 0 Å². The van der Waals surface area contributed by atoms with Crippen LogP contribution < -0.4 is 5.73 Å². The summed E-state index contributed by atoms with van der Waals surface area (Å²) < 4.78 is 0. The second-order valence-electron chi connectivity index (χ2n) is 4.31. The Bertz CT molecular complexity index is 108. The Kier molecular flexibility index (Phi) is 2.02. The molecular weight excluding hydrogens is 124 g/mol. The molecule has 0 radical (unpaired) electrons. The predicted octanol–water partition coefficient (Wildman–Crippen LogP) is 0.675. The van der Waals surface area contributed by atoms with Crippen molar-refractivity contribution < 1.29 is 0 Å². The normalized spacial score (nSPS) is 27.6. The second-order valence-corrected chi connectivity index (χ2v) is 4.31. The van der Waals surface area contributed by atoms with Crippen LogP contribution in [0.5, 0.6) is 0 Å². The molecule has 0 bridgehead atoms. The first-order chi connectivity index (χ1) is 4.49. The van der Waals surface area contributed by atoms with Gasteiger partial charge in [-0.2, -0.15) is 0 Å². The Hall–Kier alpha value is -0.0800. The van der Waals surface area contributed by atoms with Gasteiger partial charge in [0.05, 0.1) is 0 Å². The van der Waals surface area contributed by atoms with Crippen molar-refractivity contribution in [3.63, 3.8) is 0 Å². The SMILES string of the molecule is CC(N)CN1CC(C)(C)C1. The van der Waals surface area contributed by atoms with Gasteiger partial charge in [-0.3, -0.25) is 0 Å². The fourth-order valence-corrected chi connectivity index (χ4v) is 1.70. The Morgan fingerprint density at radius 3 is 2.30 bits per heavy atom. The van der Waals surface area contributed by atoms with Crippen LogP contribution in [0.15, 0.2) is 0 Å². The van der Waals surface area contributed by atoms with Crippen LogP contribution in [0.1, 0.15) is 20.8 Å². The zero-order valence-corrected chi connectivity index (χ0v) is 7.22. The quantitative estimate of drug-likeness (QED) is 0.614. The van der Waals surface area contributed by atoms with Crippen LogP contribution >= 0.6 is 0 Å². The molecule has 0 amide bonds. The molecule has 1 aliphatic rings. The monoisotopic (exact) mass is 142 g/mol. The molecule has 2 N–H and O–H groups in total. The maximum atomic E-state index is 5.65. The van der Waals surface area contributed by atoms with Gasteiger partial charge in [0.1, 0.15) is 0 Å². The largest absolute Gasteiger partial charge is 0.327 e. The van der Waals surface area contributed by atoms with Gasteiger partial charge in [-0.05, 0) is 12.3 Å². The van der Waals surface area contributed by atoms with Gasteiger partial charge in [-0.1, -0.05) is 13.8 Å². The molecule has 0 aromatic rings. The van der Waals surface area contributed by atoms with Gasteiger partial charge in [0, 0.05) is 25.7 Å². The van der Waals surface area contributed by atoms with Crippen LogP contribution in [0.3, 0.4) is 0 Å². The van der Waals surface area contributed by atoms with Gasteiger partial charge >= 0.3 is 0 Å². The van der Waals surface area contributed by atoms with E-state index in [2.05, 4.69) is 25.7 Å². The van der Waals surface area contributed by atoms with Gasteiger partial charge < -0.3 is 10.6 Å². The van der Waals surface area contributed by atoms with Crippen LogP contribution in [-0.4, -0.2) is 30.6 Å². The molecule has 60 valence electrons. The highest BCUT2D eigenvalue weighted by atomic mass is 15.2. The number of hydrogen-bond acceptors (Lipinski definition) is 2. The fourth-order valence-electron chi connectivity index (χ4n) is 1.70. The molecule has 0 saturated carbocycles. The molecule has 0 aliphatic carbocycles. The van der Waals surface area contributed by atoms with E-state index in [0.29, 0.717) is 11.5 Å². The number of nitrogens with two attached hydrogens (primary N) is 1. The molecule has 1 heterocycles. The summed E-state index contributed by atoms with van der Waals surface area (Å²) in [6.45, 7) is 10.1. The smallest absolute Gasteiger partial charge is 0.0139 e. The molecular formula is C8H18N2. The maximum Gasteiger partial charge on any atom is 0.0139 e. The topological polar surface area (TPSA) is 29.3 Å². The summed E-state index contributed by atoms with van der Waals surface area (Å²) in [6, 6.07) is 0.330. The van der Waals surface area contributed by atoms with E-state index in [1.807, 2.05) is 0 Å². The van der Waals surface area contributed by atoms with E-state index in [0.717, 1.165) is 6.54 Å². The van der Waals surface area contributed by atoms with E-state index >= 15 is 0 Å². The average Bonchev–Trinajstić information content (AvgIpc) is 1.57. The van der Waals surface area contributed by atoms with Crippen molar-refractivity contribution in [1.82, 2.24) is 4.90 Å². The second kappa shape index (κ2) is 2.51. The van der Waals surface area contributed by atoms with Crippen molar-refractivity contribution in [3.8, 4) is 0 Å². The third kappa shape index (κ3) is 1.96. The van der Waals surface area contributed by atoms with Gasteiger partial charge in [0.15, 0.2) is 0 Å². The number of likely N-dealkylation sites (tertiary alicyclic amines) is 1. The van der Waals surface area contributed by atoms with Gasteiger partial charge in [0.25, 0.3) is 0 Å². The van der Waals surface area contributed by atoms with E-state index in [-0.39, 0.29) is 0 Å². The zero-order valence-electron chi connectivity index (χ0n) is 7.22. The molecule has 0 aromatic carbocycles. The first-order valence-corrected chi connectivity index (χ1v) is 3.97. The molecule has 1 rings (SSSR count). The van der Waals surface area contributed by atoms with Gasteiger partial charge in [-0.25, -0.2) is 0 Å². The molecule has 1 aliphatic heterocycles. The summed E-state index contributed by atoms with van der Waals surface area (Å²) in [5.74, 6) is 0. The summed E-state index contributed by atoms with van der Waals surface area (Å²) >= 11 is 0. The first kappa shape index (κ1) is 8.02. The molecule has 0 aromatic heterocycles. The molecule has 2 heteroatoms. The predicted molar refractivity (Wildman–Crippen MR) is 43.9 cm³/mol. The van der Waals surface area contributed by atoms with Crippen molar-refractivity contribution >= 4 is 0 Å². The summed E-state index contributed by atoms with van der Waals surface area (Å²) in [4.78, 5) is 2.41. The van der Waals surface area contributed by atoms with E-state index in [1.165, 1.54) is 13.1 Å². The Morgan fingerprint density at radius 1 is 1.50 bits per heavy atom. The summed E-state index contributed by atoms with van der Waals surface area (Å²) in [7, 11) is 0. The lowest BCUT2D eigenvalue weighted by Crippen LogP contribution is -2.55. The van der Waals surface area contributed by atoms with E-state index in [4.69, 9.17) is 5.73 Å². The first-order valence-electron chi connectivity index (χ1n) is 3.97. The number of nitrogens with zero attached hydrogens (tertiary/aromatic N) is 1. The molecule has 1 fully saturated rings. The number of rotatable bonds is 2. The standard InChI is InChI=1S/C8H18N2/c1-7(9)4-10-5-8(2,3)6-10/h7H,4-6,9H2,1-3H3. The van der Waals surface area contributed by atoms with E-state index in [1.54, 1.807) is 0 Å². The van der Waals surface area contributed by atoms with Crippen molar-refractivity contribution in [2.45, 2.75) is 26.8 Å². The van der Waals surface area contributed by atoms with Crippen LogP contribution in [0, 0.1) is 5.41 Å². The van der Waals surface area contributed by atoms with Crippen LogP contribution in [-0.2, 0) is 0 Å². The van der Waals surface area contributed by atoms with Crippen molar-refractivity contribution in [2.24, 2.45) is 11.1 Å². The molecule has 1 unspecified atom stereocenters. The Balaban J connectivity index is 2.15. The third-order valence-electron chi connectivity index (χ3n) is 1.85. The summed E-state index contributed by atoms with van der Waals surface area (Å²) in [5, 5.41) is 0. The molecule has 1 atom stereocenters.